The molecule has 26 heavy (non-hydrogen) atoms. The van der Waals surface area contributed by atoms with Crippen LogP contribution in [-0.2, 0) is 26.9 Å². The van der Waals surface area contributed by atoms with Gasteiger partial charge in [-0.2, -0.15) is 0 Å². The molecule has 0 aliphatic heterocycles. The van der Waals surface area contributed by atoms with Crippen molar-refractivity contribution in [1.82, 2.24) is 14.9 Å². The average Bonchev–Trinajstić information content (AvgIpc) is 3.19. The molecule has 6 nitrogen and oxygen atoms in total. The fourth-order valence-corrected chi connectivity index (χ4v) is 4.45. The van der Waals surface area contributed by atoms with Crippen molar-refractivity contribution >= 4 is 26.8 Å². The van der Waals surface area contributed by atoms with Gasteiger partial charge < -0.3 is 9.88 Å². The Labute approximate surface area is 154 Å². The van der Waals surface area contributed by atoms with Crippen molar-refractivity contribution in [1.29, 1.82) is 0 Å². The molecule has 1 heterocycles. The minimum Gasteiger partial charge on any atom is -0.355 e. The van der Waals surface area contributed by atoms with E-state index in [-0.39, 0.29) is 18.2 Å². The molecule has 0 spiro atoms. The predicted molar refractivity (Wildman–Crippen MR) is 102 cm³/mol. The summed E-state index contributed by atoms with van der Waals surface area (Å²) in [4.78, 5) is 16.8. The molecular formula is C19H27N3O3S. The van der Waals surface area contributed by atoms with Gasteiger partial charge in [-0.25, -0.2) is 13.4 Å². The van der Waals surface area contributed by atoms with Gasteiger partial charge in [0.05, 0.1) is 11.0 Å². The van der Waals surface area contributed by atoms with E-state index in [1.165, 1.54) is 38.4 Å². The van der Waals surface area contributed by atoms with Crippen molar-refractivity contribution in [3.63, 3.8) is 0 Å². The number of aromatic nitrogens is 2. The summed E-state index contributed by atoms with van der Waals surface area (Å²) in [6, 6.07) is 7.41. The lowest BCUT2D eigenvalue weighted by Crippen LogP contribution is -2.29. The lowest BCUT2D eigenvalue weighted by molar-refractivity contribution is -0.121. The van der Waals surface area contributed by atoms with Crippen molar-refractivity contribution in [2.24, 2.45) is 5.92 Å². The van der Waals surface area contributed by atoms with Crippen LogP contribution < -0.4 is 5.32 Å². The summed E-state index contributed by atoms with van der Waals surface area (Å²) >= 11 is 0. The molecule has 0 saturated heterocycles. The Bertz CT molecular complexity index is 867. The Morgan fingerprint density at radius 3 is 2.73 bits per heavy atom. The zero-order valence-electron chi connectivity index (χ0n) is 15.3. The van der Waals surface area contributed by atoms with Crippen LogP contribution in [0, 0.1) is 5.92 Å². The molecule has 1 saturated carbocycles. The van der Waals surface area contributed by atoms with Gasteiger partial charge in [-0.1, -0.05) is 37.8 Å². The van der Waals surface area contributed by atoms with Crippen molar-refractivity contribution in [2.75, 3.05) is 12.8 Å². The van der Waals surface area contributed by atoms with Gasteiger partial charge in [0.15, 0.2) is 9.84 Å². The molecule has 1 fully saturated rings. The highest BCUT2D eigenvalue weighted by atomic mass is 32.2. The zero-order valence-corrected chi connectivity index (χ0v) is 16.1. The lowest BCUT2D eigenvalue weighted by Gasteiger charge is -2.11. The lowest BCUT2D eigenvalue weighted by atomic mass is 10.0. The van der Waals surface area contributed by atoms with Gasteiger partial charge in [0.25, 0.3) is 0 Å². The van der Waals surface area contributed by atoms with E-state index in [4.69, 9.17) is 0 Å². The van der Waals surface area contributed by atoms with Crippen LogP contribution in [0.2, 0.25) is 0 Å². The molecule has 0 atom stereocenters. The maximum Gasteiger partial charge on any atom is 0.240 e. The number of para-hydroxylation sites is 2. The number of carbonyl (C=O) groups excluding carboxylic acids is 1. The van der Waals surface area contributed by atoms with Crippen LogP contribution in [0.25, 0.3) is 11.0 Å². The number of benzene rings is 1. The number of fused-ring (bicyclic) bond motifs is 1. The van der Waals surface area contributed by atoms with E-state index in [0.29, 0.717) is 17.9 Å². The number of imidazole rings is 1. The van der Waals surface area contributed by atoms with Gasteiger partial charge >= 0.3 is 0 Å². The van der Waals surface area contributed by atoms with Gasteiger partial charge in [0.2, 0.25) is 5.91 Å². The fourth-order valence-electron chi connectivity index (χ4n) is 3.76. The summed E-state index contributed by atoms with van der Waals surface area (Å²) < 4.78 is 25.1. The number of hydrogen-bond donors (Lipinski definition) is 1. The number of sulfone groups is 1. The molecule has 1 aliphatic rings. The molecule has 2 aromatic rings. The molecule has 3 rings (SSSR count). The van der Waals surface area contributed by atoms with Crippen molar-refractivity contribution in [2.45, 2.75) is 50.8 Å². The molecule has 142 valence electrons. The summed E-state index contributed by atoms with van der Waals surface area (Å²) in [5.41, 5.74) is 1.49. The zero-order chi connectivity index (χ0) is 18.6. The van der Waals surface area contributed by atoms with Gasteiger partial charge in [0, 0.05) is 12.8 Å². The first-order valence-corrected chi connectivity index (χ1v) is 11.4. The molecule has 1 aromatic carbocycles. The Morgan fingerprint density at radius 2 is 2.00 bits per heavy atom. The molecule has 1 aliphatic carbocycles. The largest absolute Gasteiger partial charge is 0.355 e. The summed E-state index contributed by atoms with van der Waals surface area (Å²) in [7, 11) is -3.23. The standard InChI is InChI=1S/C19H27N3O3S/c1-26(24,25)14-18-21-16-10-4-5-11-17(16)22(18)13-19(23)20-12-6-9-15-7-2-3-8-15/h4-5,10-11,15H,2-3,6-9,12-14H2,1H3,(H,20,23). The molecular weight excluding hydrogens is 350 g/mol. The molecule has 0 radical (unpaired) electrons. The highest BCUT2D eigenvalue weighted by molar-refractivity contribution is 7.89. The smallest absolute Gasteiger partial charge is 0.240 e. The second kappa shape index (κ2) is 8.20. The van der Waals surface area contributed by atoms with Crippen molar-refractivity contribution < 1.29 is 13.2 Å². The monoisotopic (exact) mass is 377 g/mol. The van der Waals surface area contributed by atoms with E-state index < -0.39 is 9.84 Å². The highest BCUT2D eigenvalue weighted by Crippen LogP contribution is 2.28. The van der Waals surface area contributed by atoms with Crippen molar-refractivity contribution in [3.8, 4) is 0 Å². The molecule has 1 aromatic heterocycles. The van der Waals surface area contributed by atoms with E-state index in [2.05, 4.69) is 10.3 Å². The first kappa shape index (κ1) is 18.9. The molecule has 1 N–H and O–H groups in total. The minimum absolute atomic E-state index is 0.0921. The Kier molecular flexibility index (Phi) is 5.96. The third-order valence-electron chi connectivity index (χ3n) is 5.01. The Hall–Kier alpha value is -1.89. The normalized spacial score (nSPS) is 15.6. The predicted octanol–water partition coefficient (Wildman–Crippen LogP) is 2.67. The van der Waals surface area contributed by atoms with E-state index in [1.54, 1.807) is 4.57 Å². The quantitative estimate of drug-likeness (QED) is 0.717. The first-order valence-electron chi connectivity index (χ1n) is 9.31. The average molecular weight is 378 g/mol. The van der Waals surface area contributed by atoms with Crippen LogP contribution in [-0.4, -0.2) is 36.7 Å². The maximum absolute atomic E-state index is 12.4. The number of hydrogen-bond acceptors (Lipinski definition) is 4. The molecule has 1 amide bonds. The Balaban J connectivity index is 1.62. The van der Waals surface area contributed by atoms with Crippen molar-refractivity contribution in [3.05, 3.63) is 30.1 Å². The molecule has 0 unspecified atom stereocenters. The third kappa shape index (κ3) is 5.06. The number of nitrogens with zero attached hydrogens (tertiary/aromatic N) is 2. The van der Waals surface area contributed by atoms with Crippen LogP contribution in [0.4, 0.5) is 0 Å². The molecule has 0 bridgehead atoms. The van der Waals surface area contributed by atoms with Crippen LogP contribution in [0.3, 0.4) is 0 Å². The minimum atomic E-state index is -3.23. The van der Waals surface area contributed by atoms with E-state index in [9.17, 15) is 13.2 Å². The number of nitrogens with one attached hydrogen (secondary N) is 1. The SMILES string of the molecule is CS(=O)(=O)Cc1nc2ccccc2n1CC(=O)NCCCC1CCCC1. The van der Waals surface area contributed by atoms with Gasteiger partial charge in [-0.05, 0) is 30.9 Å². The summed E-state index contributed by atoms with van der Waals surface area (Å²) in [5.74, 6) is 0.964. The van der Waals surface area contributed by atoms with E-state index >= 15 is 0 Å². The number of rotatable bonds is 8. The molecule has 7 heteroatoms. The second-order valence-electron chi connectivity index (χ2n) is 7.32. The third-order valence-corrected chi connectivity index (χ3v) is 5.80. The van der Waals surface area contributed by atoms with Crippen LogP contribution in [0.5, 0.6) is 0 Å². The maximum atomic E-state index is 12.4. The first-order chi connectivity index (χ1) is 12.4. The number of amides is 1. The van der Waals surface area contributed by atoms with E-state index in [1.807, 2.05) is 24.3 Å². The summed E-state index contributed by atoms with van der Waals surface area (Å²) in [6.45, 7) is 0.762. The second-order valence-corrected chi connectivity index (χ2v) is 9.46. The number of carbonyl (C=O) groups is 1. The highest BCUT2D eigenvalue weighted by Gasteiger charge is 2.17. The van der Waals surface area contributed by atoms with Crippen LogP contribution >= 0.6 is 0 Å². The van der Waals surface area contributed by atoms with Crippen LogP contribution in [0.15, 0.2) is 24.3 Å². The van der Waals surface area contributed by atoms with Gasteiger partial charge in [-0.15, -0.1) is 0 Å². The fraction of sp³-hybridized carbons (Fsp3) is 0.579. The topological polar surface area (TPSA) is 81.1 Å². The summed E-state index contributed by atoms with van der Waals surface area (Å²) in [5, 5.41) is 2.96. The summed E-state index contributed by atoms with van der Waals surface area (Å²) in [6.07, 6.45) is 8.68. The van der Waals surface area contributed by atoms with E-state index in [0.717, 1.165) is 17.9 Å². The van der Waals surface area contributed by atoms with Gasteiger partial charge in [-0.3, -0.25) is 4.79 Å². The Morgan fingerprint density at radius 1 is 1.27 bits per heavy atom. The van der Waals surface area contributed by atoms with Gasteiger partial charge in [0.1, 0.15) is 18.1 Å². The van der Waals surface area contributed by atoms with Crippen LogP contribution in [0.1, 0.15) is 44.3 Å².